The highest BCUT2D eigenvalue weighted by atomic mass is 35.5. The predicted molar refractivity (Wildman–Crippen MR) is 76.1 cm³/mol. The minimum Gasteiger partial charge on any atom is -0.261 e. The van der Waals surface area contributed by atoms with Gasteiger partial charge in [-0.05, 0) is 36.2 Å². The molecule has 0 bridgehead atoms. The highest BCUT2D eigenvalue weighted by molar-refractivity contribution is 6.31. The van der Waals surface area contributed by atoms with Gasteiger partial charge in [-0.2, -0.15) is 5.10 Å². The highest BCUT2D eigenvalue weighted by Gasteiger charge is 2.02. The first-order valence-electron chi connectivity index (χ1n) is 5.79. The summed E-state index contributed by atoms with van der Waals surface area (Å²) < 4.78 is 0. The Balaban J connectivity index is 2.18. The Morgan fingerprint density at radius 2 is 2.17 bits per heavy atom. The summed E-state index contributed by atoms with van der Waals surface area (Å²) >= 11 is 5.98. The summed E-state index contributed by atoms with van der Waals surface area (Å²) in [7, 11) is 0. The Bertz CT molecular complexity index is 538. The Hall–Kier alpha value is -1.87. The number of benzene rings is 1. The van der Waals surface area contributed by atoms with Crippen LogP contribution in [0.4, 0.5) is 5.82 Å². The number of hydrogen-bond donors (Lipinski definition) is 1. The van der Waals surface area contributed by atoms with Crippen LogP contribution in [0, 0.1) is 0 Å². The van der Waals surface area contributed by atoms with Gasteiger partial charge in [-0.15, -0.1) is 0 Å². The van der Waals surface area contributed by atoms with Crippen molar-refractivity contribution in [2.24, 2.45) is 5.10 Å². The van der Waals surface area contributed by atoms with E-state index in [0.29, 0.717) is 5.02 Å². The van der Waals surface area contributed by atoms with Gasteiger partial charge >= 0.3 is 0 Å². The number of rotatable bonds is 4. The maximum Gasteiger partial charge on any atom is 0.146 e. The lowest BCUT2D eigenvalue weighted by Crippen LogP contribution is -2.03. The molecule has 92 valence electrons. The molecule has 1 N–H and O–H groups in total. The molecular formula is C14H14ClN3. The summed E-state index contributed by atoms with van der Waals surface area (Å²) in [5.41, 5.74) is 4.92. The third-order valence-corrected chi connectivity index (χ3v) is 2.70. The van der Waals surface area contributed by atoms with E-state index in [1.54, 1.807) is 6.20 Å². The molecular weight excluding hydrogens is 246 g/mol. The number of hydrogen-bond acceptors (Lipinski definition) is 3. The highest BCUT2D eigenvalue weighted by Crippen LogP contribution is 2.13. The maximum atomic E-state index is 5.98. The number of anilines is 1. The number of hydrazone groups is 1. The Morgan fingerprint density at radius 1 is 1.28 bits per heavy atom. The van der Waals surface area contributed by atoms with Crippen molar-refractivity contribution in [2.75, 3.05) is 5.43 Å². The molecule has 0 aliphatic rings. The third kappa shape index (κ3) is 3.31. The summed E-state index contributed by atoms with van der Waals surface area (Å²) in [6.07, 6.45) is 2.54. The van der Waals surface area contributed by atoms with Crippen LogP contribution in [-0.2, 0) is 0 Å². The van der Waals surface area contributed by atoms with E-state index in [1.807, 2.05) is 42.5 Å². The van der Waals surface area contributed by atoms with E-state index in [2.05, 4.69) is 22.4 Å². The molecule has 1 heterocycles. The molecule has 1 aromatic carbocycles. The van der Waals surface area contributed by atoms with E-state index in [4.69, 9.17) is 11.6 Å². The van der Waals surface area contributed by atoms with E-state index in [-0.39, 0.29) is 0 Å². The molecule has 0 radical (unpaired) electrons. The number of pyridine rings is 1. The molecule has 0 saturated carbocycles. The molecule has 0 amide bonds. The molecule has 3 nitrogen and oxygen atoms in total. The number of nitrogens with one attached hydrogen (secondary N) is 1. The molecule has 4 heteroatoms. The van der Waals surface area contributed by atoms with Gasteiger partial charge in [0, 0.05) is 11.2 Å². The number of nitrogens with zero attached hydrogens (tertiary/aromatic N) is 2. The number of halogens is 1. The van der Waals surface area contributed by atoms with Gasteiger partial charge in [0.05, 0.1) is 5.71 Å². The molecule has 2 rings (SSSR count). The van der Waals surface area contributed by atoms with Crippen LogP contribution >= 0.6 is 11.6 Å². The van der Waals surface area contributed by atoms with Crippen LogP contribution in [-0.4, -0.2) is 10.7 Å². The molecule has 1 aromatic heterocycles. The normalized spacial score (nSPS) is 11.3. The van der Waals surface area contributed by atoms with Crippen molar-refractivity contribution in [3.8, 4) is 0 Å². The monoisotopic (exact) mass is 259 g/mol. The van der Waals surface area contributed by atoms with Gasteiger partial charge in [-0.3, -0.25) is 5.43 Å². The second-order valence-corrected chi connectivity index (χ2v) is 4.19. The topological polar surface area (TPSA) is 37.3 Å². The molecule has 18 heavy (non-hydrogen) atoms. The van der Waals surface area contributed by atoms with Crippen molar-refractivity contribution in [1.82, 2.24) is 4.98 Å². The molecule has 0 unspecified atom stereocenters. The SMILES string of the molecule is CC/C(=N\Nc1ccccn1)c1cccc(Cl)c1. The zero-order valence-corrected chi connectivity index (χ0v) is 10.9. The summed E-state index contributed by atoms with van der Waals surface area (Å²) in [5.74, 6) is 0.727. The second kappa shape index (κ2) is 6.17. The first-order chi connectivity index (χ1) is 8.79. The summed E-state index contributed by atoms with van der Waals surface area (Å²) in [6.45, 7) is 2.06. The van der Waals surface area contributed by atoms with E-state index in [1.165, 1.54) is 0 Å². The van der Waals surface area contributed by atoms with Gasteiger partial charge in [0.25, 0.3) is 0 Å². The minimum atomic E-state index is 0.714. The van der Waals surface area contributed by atoms with Crippen molar-refractivity contribution < 1.29 is 0 Å². The van der Waals surface area contributed by atoms with Crippen LogP contribution < -0.4 is 5.43 Å². The lowest BCUT2D eigenvalue weighted by atomic mass is 10.1. The van der Waals surface area contributed by atoms with Gasteiger partial charge in [-0.25, -0.2) is 4.98 Å². The quantitative estimate of drug-likeness (QED) is 0.667. The molecule has 0 aliphatic carbocycles. The van der Waals surface area contributed by atoms with E-state index >= 15 is 0 Å². The fourth-order valence-corrected chi connectivity index (χ4v) is 1.76. The lowest BCUT2D eigenvalue weighted by molar-refractivity contribution is 1.18. The van der Waals surface area contributed by atoms with Crippen molar-refractivity contribution in [1.29, 1.82) is 0 Å². The first kappa shape index (κ1) is 12.6. The van der Waals surface area contributed by atoms with Crippen LogP contribution in [0.3, 0.4) is 0 Å². The minimum absolute atomic E-state index is 0.714. The lowest BCUT2D eigenvalue weighted by Gasteiger charge is -2.05. The maximum absolute atomic E-state index is 5.98. The summed E-state index contributed by atoms with van der Waals surface area (Å²) in [4.78, 5) is 4.15. The van der Waals surface area contributed by atoms with E-state index < -0.39 is 0 Å². The average molecular weight is 260 g/mol. The van der Waals surface area contributed by atoms with Crippen molar-refractivity contribution in [3.63, 3.8) is 0 Å². The van der Waals surface area contributed by atoms with E-state index in [0.717, 1.165) is 23.5 Å². The Morgan fingerprint density at radius 3 is 2.83 bits per heavy atom. The Labute approximate surface area is 112 Å². The zero-order valence-electron chi connectivity index (χ0n) is 10.1. The number of aromatic nitrogens is 1. The van der Waals surface area contributed by atoms with Crippen molar-refractivity contribution in [2.45, 2.75) is 13.3 Å². The smallest absolute Gasteiger partial charge is 0.146 e. The zero-order chi connectivity index (χ0) is 12.8. The van der Waals surface area contributed by atoms with Crippen LogP contribution in [0.1, 0.15) is 18.9 Å². The third-order valence-electron chi connectivity index (χ3n) is 2.46. The Kier molecular flexibility index (Phi) is 4.31. The van der Waals surface area contributed by atoms with Crippen molar-refractivity contribution >= 4 is 23.1 Å². The van der Waals surface area contributed by atoms with Crippen LogP contribution in [0.5, 0.6) is 0 Å². The molecule has 0 atom stereocenters. The standard InChI is InChI=1S/C14H14ClN3/c1-2-13(11-6-5-7-12(15)10-11)17-18-14-8-3-4-9-16-14/h3-10H,2H2,1H3,(H,16,18)/b17-13+. The molecule has 0 saturated heterocycles. The van der Waals surface area contributed by atoms with Crippen molar-refractivity contribution in [3.05, 3.63) is 59.2 Å². The van der Waals surface area contributed by atoms with Gasteiger partial charge in [0.1, 0.15) is 5.82 Å². The fourth-order valence-electron chi connectivity index (χ4n) is 1.57. The van der Waals surface area contributed by atoms with E-state index in [9.17, 15) is 0 Å². The molecule has 0 aliphatic heterocycles. The van der Waals surface area contributed by atoms with Crippen LogP contribution in [0.25, 0.3) is 0 Å². The van der Waals surface area contributed by atoms with Gasteiger partial charge in [0.15, 0.2) is 0 Å². The van der Waals surface area contributed by atoms with Gasteiger partial charge in [0.2, 0.25) is 0 Å². The van der Waals surface area contributed by atoms with Gasteiger partial charge < -0.3 is 0 Å². The largest absolute Gasteiger partial charge is 0.261 e. The van der Waals surface area contributed by atoms with Crippen LogP contribution in [0.2, 0.25) is 5.02 Å². The fraction of sp³-hybridized carbons (Fsp3) is 0.143. The first-order valence-corrected chi connectivity index (χ1v) is 6.17. The van der Waals surface area contributed by atoms with Crippen LogP contribution in [0.15, 0.2) is 53.8 Å². The molecule has 2 aromatic rings. The molecule has 0 fully saturated rings. The predicted octanol–water partition coefficient (Wildman–Crippen LogP) is 3.96. The summed E-state index contributed by atoms with van der Waals surface area (Å²) in [5, 5.41) is 5.08. The molecule has 0 spiro atoms. The average Bonchev–Trinajstić information content (AvgIpc) is 2.41. The van der Waals surface area contributed by atoms with Gasteiger partial charge in [-0.1, -0.05) is 36.7 Å². The second-order valence-electron chi connectivity index (χ2n) is 3.75. The summed E-state index contributed by atoms with van der Waals surface area (Å²) in [6, 6.07) is 13.3.